The number of methoxy groups -OCH3 is 1. The average Bonchev–Trinajstić information content (AvgIpc) is 3.12. The normalized spacial score (nSPS) is 20.1. The predicted octanol–water partition coefficient (Wildman–Crippen LogP) is 1.87. The fourth-order valence-corrected chi connectivity index (χ4v) is 3.09. The first-order chi connectivity index (χ1) is 12.3. The van der Waals surface area contributed by atoms with Crippen LogP contribution in [0.25, 0.3) is 11.5 Å². The van der Waals surface area contributed by atoms with Crippen molar-refractivity contribution in [2.24, 2.45) is 5.73 Å². The quantitative estimate of drug-likeness (QED) is 0.740. The first-order valence-corrected chi connectivity index (χ1v) is 8.13. The maximum Gasteiger partial charge on any atom is 0.417 e. The topological polar surface area (TPSA) is 98.0 Å². The molecule has 4 N–H and O–H groups in total. The van der Waals surface area contributed by atoms with Gasteiger partial charge in [-0.2, -0.15) is 17.5 Å². The van der Waals surface area contributed by atoms with Crippen molar-refractivity contribution in [1.29, 1.82) is 0 Å². The average molecular weight is 384 g/mol. The third kappa shape index (κ3) is 3.22. The Morgan fingerprint density at radius 2 is 2.15 bits per heavy atom. The molecule has 0 aliphatic carbocycles. The fourth-order valence-electron chi connectivity index (χ4n) is 2.34. The van der Waals surface area contributed by atoms with Gasteiger partial charge in [0, 0.05) is 25.5 Å². The zero-order valence-corrected chi connectivity index (χ0v) is 14.6. The molecule has 1 aliphatic heterocycles. The summed E-state index contributed by atoms with van der Waals surface area (Å²) in [6.07, 6.45) is -1.18. The van der Waals surface area contributed by atoms with E-state index < -0.39 is 17.4 Å². The first-order valence-electron chi connectivity index (χ1n) is 7.36. The van der Waals surface area contributed by atoms with E-state index in [0.29, 0.717) is 17.3 Å². The van der Waals surface area contributed by atoms with Gasteiger partial charge in [0.2, 0.25) is 0 Å². The Bertz CT molecular complexity index is 878. The van der Waals surface area contributed by atoms with Gasteiger partial charge in [-0.3, -0.25) is 10.7 Å². The summed E-state index contributed by atoms with van der Waals surface area (Å²) in [6, 6.07) is 3.33. The zero-order valence-electron chi connectivity index (χ0n) is 13.8. The molecule has 0 bridgehead atoms. The van der Waals surface area contributed by atoms with Gasteiger partial charge in [0.25, 0.3) is 0 Å². The number of dihydropyridines is 1. The number of pyridine rings is 1. The van der Waals surface area contributed by atoms with Crippen molar-refractivity contribution in [2.45, 2.75) is 11.8 Å². The maximum absolute atomic E-state index is 12.9. The Morgan fingerprint density at radius 3 is 2.81 bits per heavy atom. The number of ether oxygens (including phenoxy) is 1. The highest BCUT2D eigenvalue weighted by Gasteiger charge is 2.42. The molecule has 26 heavy (non-hydrogen) atoms. The van der Waals surface area contributed by atoms with E-state index in [-0.39, 0.29) is 10.7 Å². The molecule has 0 fully saturated rings. The van der Waals surface area contributed by atoms with E-state index in [1.807, 2.05) is 0 Å². The van der Waals surface area contributed by atoms with Crippen LogP contribution in [-0.4, -0.2) is 34.7 Å². The monoisotopic (exact) mass is 384 g/mol. The smallest absolute Gasteiger partial charge is 0.417 e. The third-order valence-electron chi connectivity index (χ3n) is 3.74. The third-order valence-corrected chi connectivity index (χ3v) is 4.59. The van der Waals surface area contributed by atoms with E-state index in [1.54, 1.807) is 18.3 Å². The van der Waals surface area contributed by atoms with Gasteiger partial charge in [-0.05, 0) is 23.7 Å². The highest BCUT2D eigenvalue weighted by Crippen LogP contribution is 2.35. The lowest BCUT2D eigenvalue weighted by molar-refractivity contribution is -0.0892. The summed E-state index contributed by atoms with van der Waals surface area (Å²) in [5.41, 5.74) is 4.58. The van der Waals surface area contributed by atoms with Crippen molar-refractivity contribution in [2.75, 3.05) is 14.2 Å². The van der Waals surface area contributed by atoms with Crippen molar-refractivity contribution >= 4 is 11.5 Å². The Balaban J connectivity index is 1.96. The molecule has 3 rings (SSSR count). The molecule has 2 aromatic rings. The van der Waals surface area contributed by atoms with Crippen LogP contribution in [0.15, 0.2) is 41.9 Å². The van der Waals surface area contributed by atoms with E-state index in [1.165, 1.54) is 14.2 Å². The molecule has 0 radical (unpaired) electrons. The van der Waals surface area contributed by atoms with Crippen LogP contribution in [0.2, 0.25) is 0 Å². The van der Waals surface area contributed by atoms with Crippen LogP contribution in [0.1, 0.15) is 5.01 Å². The van der Waals surface area contributed by atoms with Gasteiger partial charge in [-0.1, -0.05) is 0 Å². The van der Waals surface area contributed by atoms with Crippen LogP contribution < -0.4 is 21.1 Å². The first kappa shape index (κ1) is 18.1. The van der Waals surface area contributed by atoms with Gasteiger partial charge in [0.1, 0.15) is 11.4 Å². The number of alkyl halides is 3. The van der Waals surface area contributed by atoms with Crippen LogP contribution in [0, 0.1) is 0 Å². The summed E-state index contributed by atoms with van der Waals surface area (Å²) in [4.78, 5) is 8.52. The van der Waals surface area contributed by atoms with Crippen LogP contribution in [0.3, 0.4) is 0 Å². The zero-order chi connectivity index (χ0) is 18.9. The number of hydrogen-bond acceptors (Lipinski definition) is 8. The summed E-state index contributed by atoms with van der Waals surface area (Å²) in [5.74, 6) is 0.884. The second kappa shape index (κ2) is 6.57. The summed E-state index contributed by atoms with van der Waals surface area (Å²) in [5, 5.41) is 5.57. The largest absolute Gasteiger partial charge is 0.497 e. The lowest BCUT2D eigenvalue weighted by atomic mass is 10.0. The highest BCUT2D eigenvalue weighted by molar-refractivity contribution is 7.05. The second-order valence-corrected chi connectivity index (χ2v) is 6.11. The number of hydrogen-bond donors (Lipinski definition) is 3. The van der Waals surface area contributed by atoms with E-state index in [2.05, 4.69) is 25.0 Å². The Morgan fingerprint density at radius 1 is 1.38 bits per heavy atom. The number of rotatable bonds is 4. The predicted molar refractivity (Wildman–Crippen MR) is 90.0 cm³/mol. The van der Waals surface area contributed by atoms with Crippen molar-refractivity contribution < 1.29 is 17.9 Å². The van der Waals surface area contributed by atoms with Crippen LogP contribution in [0.4, 0.5) is 13.2 Å². The fraction of sp³-hybridized carbons (Fsp3) is 0.267. The summed E-state index contributed by atoms with van der Waals surface area (Å²) < 4.78 is 48.2. The minimum absolute atomic E-state index is 0.119. The molecule has 138 valence electrons. The lowest BCUT2D eigenvalue weighted by Gasteiger charge is -2.33. The highest BCUT2D eigenvalue weighted by atomic mass is 32.1. The van der Waals surface area contributed by atoms with Gasteiger partial charge in [0.05, 0.1) is 18.4 Å². The number of allylic oxidation sites excluding steroid dienone is 2. The van der Waals surface area contributed by atoms with Crippen molar-refractivity contribution in [3.05, 3.63) is 46.9 Å². The number of likely N-dealkylation sites (N-methyl/N-ethyl adjacent to an activating group) is 1. The van der Waals surface area contributed by atoms with Crippen molar-refractivity contribution in [1.82, 2.24) is 25.0 Å². The van der Waals surface area contributed by atoms with E-state index in [0.717, 1.165) is 23.8 Å². The van der Waals surface area contributed by atoms with Crippen LogP contribution in [-0.2, 0) is 5.66 Å². The Labute approximate surface area is 151 Å². The molecule has 0 spiro atoms. The molecule has 0 saturated carbocycles. The molecular formula is C15H15F3N6OS. The maximum atomic E-state index is 12.9. The SMILES string of the molecule is CNC1=CC(C(F)(F)F)=CNC1(N)c1nc(-c2cc(OC)ccn2)ns1. The Hall–Kier alpha value is -2.66. The van der Waals surface area contributed by atoms with Gasteiger partial charge in [0.15, 0.2) is 16.5 Å². The van der Waals surface area contributed by atoms with Crippen molar-refractivity contribution in [3.8, 4) is 17.3 Å². The second-order valence-electron chi connectivity index (χ2n) is 5.36. The van der Waals surface area contributed by atoms with Crippen LogP contribution in [0.5, 0.6) is 5.75 Å². The minimum Gasteiger partial charge on any atom is -0.497 e. The molecule has 7 nitrogen and oxygen atoms in total. The molecule has 0 amide bonds. The summed E-state index contributed by atoms with van der Waals surface area (Å²) in [7, 11) is 3.01. The van der Waals surface area contributed by atoms with E-state index in [9.17, 15) is 13.2 Å². The van der Waals surface area contributed by atoms with E-state index >= 15 is 0 Å². The molecule has 2 aromatic heterocycles. The molecule has 1 aliphatic rings. The number of nitrogens with one attached hydrogen (secondary N) is 2. The number of halogens is 3. The minimum atomic E-state index is -4.49. The standard InChI is InChI=1S/C15H15F3N6OS/c1-20-11-5-8(15(16,17)18)7-22-14(11,19)13-23-12(24-26-13)10-6-9(25-2)3-4-21-10/h3-7,20,22H,19H2,1-2H3. The van der Waals surface area contributed by atoms with Crippen LogP contribution >= 0.6 is 11.5 Å². The molecule has 1 atom stereocenters. The van der Waals surface area contributed by atoms with Crippen molar-refractivity contribution in [3.63, 3.8) is 0 Å². The lowest BCUT2D eigenvalue weighted by Crippen LogP contribution is -2.54. The molecule has 11 heteroatoms. The van der Waals surface area contributed by atoms with E-state index in [4.69, 9.17) is 10.5 Å². The number of nitrogens with two attached hydrogens (primary N) is 1. The van der Waals surface area contributed by atoms with Gasteiger partial charge in [-0.25, -0.2) is 4.98 Å². The van der Waals surface area contributed by atoms with Gasteiger partial charge >= 0.3 is 6.18 Å². The summed E-state index contributed by atoms with van der Waals surface area (Å²) in [6.45, 7) is 0. The number of aromatic nitrogens is 3. The molecule has 0 aromatic carbocycles. The van der Waals surface area contributed by atoms with Gasteiger partial charge < -0.3 is 15.4 Å². The molecule has 3 heterocycles. The molecule has 1 unspecified atom stereocenters. The number of nitrogens with zero attached hydrogens (tertiary/aromatic N) is 3. The molecule has 0 saturated heterocycles. The van der Waals surface area contributed by atoms with Gasteiger partial charge in [-0.15, -0.1) is 0 Å². The Kier molecular flexibility index (Phi) is 4.59. The summed E-state index contributed by atoms with van der Waals surface area (Å²) >= 11 is 0.970. The molecular weight excluding hydrogens is 369 g/mol.